The fourth-order valence-corrected chi connectivity index (χ4v) is 1.11. The molecule has 2 nitrogen and oxygen atoms in total. The van der Waals surface area contributed by atoms with Gasteiger partial charge in [-0.1, -0.05) is 17.7 Å². The molecule has 0 saturated heterocycles. The van der Waals surface area contributed by atoms with Crippen LogP contribution in [-0.4, -0.2) is 12.6 Å². The standard InChI is InChI=1S/C10H14ClNO/c1-7-3-4-9(11)5-10(7)13-6-8(2)12/h3-5,8H,6,12H2,1-2H3. The fourth-order valence-electron chi connectivity index (χ4n) is 0.951. The minimum Gasteiger partial charge on any atom is -0.492 e. The third kappa shape index (κ3) is 3.25. The molecule has 0 heterocycles. The molecule has 0 spiro atoms. The van der Waals surface area contributed by atoms with Crippen LogP contribution in [0.5, 0.6) is 5.75 Å². The second-order valence-electron chi connectivity index (χ2n) is 3.20. The van der Waals surface area contributed by atoms with Crippen LogP contribution >= 0.6 is 11.6 Å². The molecular weight excluding hydrogens is 186 g/mol. The van der Waals surface area contributed by atoms with E-state index in [1.165, 1.54) is 0 Å². The van der Waals surface area contributed by atoms with Gasteiger partial charge in [0.1, 0.15) is 12.4 Å². The molecular formula is C10H14ClNO. The van der Waals surface area contributed by atoms with Crippen molar-refractivity contribution in [1.29, 1.82) is 0 Å². The maximum absolute atomic E-state index is 5.82. The van der Waals surface area contributed by atoms with Gasteiger partial charge in [-0.3, -0.25) is 0 Å². The molecule has 0 saturated carbocycles. The number of benzene rings is 1. The van der Waals surface area contributed by atoms with Crippen LogP contribution in [0, 0.1) is 6.92 Å². The average Bonchev–Trinajstić information content (AvgIpc) is 2.06. The average molecular weight is 200 g/mol. The molecule has 0 bridgehead atoms. The first-order valence-electron chi connectivity index (χ1n) is 4.24. The summed E-state index contributed by atoms with van der Waals surface area (Å²) in [7, 11) is 0. The lowest BCUT2D eigenvalue weighted by molar-refractivity contribution is 0.294. The Labute approximate surface area is 83.6 Å². The van der Waals surface area contributed by atoms with Crippen LogP contribution in [0.1, 0.15) is 12.5 Å². The number of nitrogens with two attached hydrogens (primary N) is 1. The highest BCUT2D eigenvalue weighted by Gasteiger charge is 2.01. The van der Waals surface area contributed by atoms with Gasteiger partial charge in [-0.15, -0.1) is 0 Å². The van der Waals surface area contributed by atoms with E-state index in [4.69, 9.17) is 22.1 Å². The van der Waals surface area contributed by atoms with Crippen LogP contribution in [0.4, 0.5) is 0 Å². The minimum absolute atomic E-state index is 0.0402. The van der Waals surface area contributed by atoms with Gasteiger partial charge < -0.3 is 10.5 Å². The predicted octanol–water partition coefficient (Wildman–Crippen LogP) is 2.37. The van der Waals surface area contributed by atoms with Crippen molar-refractivity contribution in [3.63, 3.8) is 0 Å². The van der Waals surface area contributed by atoms with Crippen LogP contribution in [0.3, 0.4) is 0 Å². The van der Waals surface area contributed by atoms with E-state index in [0.29, 0.717) is 11.6 Å². The Balaban J connectivity index is 2.70. The van der Waals surface area contributed by atoms with Gasteiger partial charge in [-0.2, -0.15) is 0 Å². The molecule has 1 unspecified atom stereocenters. The lowest BCUT2D eigenvalue weighted by Crippen LogP contribution is -2.23. The van der Waals surface area contributed by atoms with Crippen molar-refractivity contribution in [1.82, 2.24) is 0 Å². The molecule has 72 valence electrons. The number of halogens is 1. The number of hydrogen-bond donors (Lipinski definition) is 1. The number of hydrogen-bond acceptors (Lipinski definition) is 2. The smallest absolute Gasteiger partial charge is 0.123 e. The Bertz CT molecular complexity index is 286. The fraction of sp³-hybridized carbons (Fsp3) is 0.400. The second-order valence-corrected chi connectivity index (χ2v) is 3.63. The summed E-state index contributed by atoms with van der Waals surface area (Å²) >= 11 is 5.82. The van der Waals surface area contributed by atoms with Crippen molar-refractivity contribution in [2.75, 3.05) is 6.61 Å². The summed E-state index contributed by atoms with van der Waals surface area (Å²) in [6.45, 7) is 4.40. The van der Waals surface area contributed by atoms with Crippen LogP contribution in [0.15, 0.2) is 18.2 Å². The van der Waals surface area contributed by atoms with Crippen LogP contribution in [0.25, 0.3) is 0 Å². The van der Waals surface area contributed by atoms with Crippen LogP contribution < -0.4 is 10.5 Å². The monoisotopic (exact) mass is 199 g/mol. The summed E-state index contributed by atoms with van der Waals surface area (Å²) in [6, 6.07) is 5.62. The van der Waals surface area contributed by atoms with Gasteiger partial charge in [0.2, 0.25) is 0 Å². The number of aryl methyl sites for hydroxylation is 1. The number of ether oxygens (including phenoxy) is 1. The summed E-state index contributed by atoms with van der Waals surface area (Å²) < 4.78 is 5.47. The van der Waals surface area contributed by atoms with Crippen molar-refractivity contribution < 1.29 is 4.74 Å². The zero-order valence-corrected chi connectivity index (χ0v) is 8.64. The first kappa shape index (κ1) is 10.4. The maximum atomic E-state index is 5.82. The van der Waals surface area contributed by atoms with Crippen molar-refractivity contribution in [2.45, 2.75) is 19.9 Å². The van der Waals surface area contributed by atoms with E-state index in [-0.39, 0.29) is 6.04 Å². The first-order valence-corrected chi connectivity index (χ1v) is 4.62. The molecule has 1 atom stereocenters. The molecule has 0 aliphatic rings. The highest BCUT2D eigenvalue weighted by molar-refractivity contribution is 6.30. The van der Waals surface area contributed by atoms with E-state index >= 15 is 0 Å². The van der Waals surface area contributed by atoms with Crippen molar-refractivity contribution in [3.8, 4) is 5.75 Å². The quantitative estimate of drug-likeness (QED) is 0.812. The van der Waals surface area contributed by atoms with Crippen molar-refractivity contribution in [3.05, 3.63) is 28.8 Å². The lowest BCUT2D eigenvalue weighted by Gasteiger charge is -2.11. The zero-order valence-electron chi connectivity index (χ0n) is 7.88. The van der Waals surface area contributed by atoms with Crippen molar-refractivity contribution in [2.24, 2.45) is 5.73 Å². The van der Waals surface area contributed by atoms with Crippen LogP contribution in [0.2, 0.25) is 5.02 Å². The molecule has 3 heteroatoms. The molecule has 0 amide bonds. The highest BCUT2D eigenvalue weighted by Crippen LogP contribution is 2.22. The second kappa shape index (κ2) is 4.49. The highest BCUT2D eigenvalue weighted by atomic mass is 35.5. The number of rotatable bonds is 3. The van der Waals surface area contributed by atoms with E-state index in [0.717, 1.165) is 11.3 Å². The Morgan fingerprint density at radius 2 is 2.23 bits per heavy atom. The van der Waals surface area contributed by atoms with Gasteiger partial charge in [-0.25, -0.2) is 0 Å². The van der Waals surface area contributed by atoms with Gasteiger partial charge in [0.25, 0.3) is 0 Å². The van der Waals surface area contributed by atoms with Crippen LogP contribution in [-0.2, 0) is 0 Å². The topological polar surface area (TPSA) is 35.2 Å². The Morgan fingerprint density at radius 1 is 1.54 bits per heavy atom. The molecule has 0 aromatic heterocycles. The summed E-state index contributed by atoms with van der Waals surface area (Å²) in [5.74, 6) is 0.810. The predicted molar refractivity (Wildman–Crippen MR) is 55.3 cm³/mol. The third-order valence-electron chi connectivity index (χ3n) is 1.65. The van der Waals surface area contributed by atoms with Gasteiger partial charge in [0.15, 0.2) is 0 Å². The molecule has 2 N–H and O–H groups in total. The first-order chi connectivity index (χ1) is 6.09. The molecule has 1 rings (SSSR count). The van der Waals surface area contributed by atoms with E-state index in [1.807, 2.05) is 26.0 Å². The molecule has 1 aromatic carbocycles. The summed E-state index contributed by atoms with van der Waals surface area (Å²) in [5.41, 5.74) is 6.64. The normalized spacial score (nSPS) is 12.6. The van der Waals surface area contributed by atoms with E-state index < -0.39 is 0 Å². The molecule has 0 aliphatic heterocycles. The van der Waals surface area contributed by atoms with E-state index in [1.54, 1.807) is 6.07 Å². The Morgan fingerprint density at radius 3 is 2.85 bits per heavy atom. The third-order valence-corrected chi connectivity index (χ3v) is 1.89. The Kier molecular flexibility index (Phi) is 3.58. The lowest BCUT2D eigenvalue weighted by atomic mass is 10.2. The minimum atomic E-state index is 0.0402. The van der Waals surface area contributed by atoms with E-state index in [9.17, 15) is 0 Å². The molecule has 13 heavy (non-hydrogen) atoms. The Hall–Kier alpha value is -0.730. The maximum Gasteiger partial charge on any atom is 0.123 e. The van der Waals surface area contributed by atoms with Gasteiger partial charge in [0.05, 0.1) is 0 Å². The molecule has 1 aromatic rings. The van der Waals surface area contributed by atoms with Gasteiger partial charge in [0, 0.05) is 11.1 Å². The summed E-state index contributed by atoms with van der Waals surface area (Å²) in [4.78, 5) is 0. The molecule has 0 aliphatic carbocycles. The largest absolute Gasteiger partial charge is 0.492 e. The summed E-state index contributed by atoms with van der Waals surface area (Å²) in [6.07, 6.45) is 0. The molecule has 0 radical (unpaired) electrons. The summed E-state index contributed by atoms with van der Waals surface area (Å²) in [5, 5.41) is 0.685. The van der Waals surface area contributed by atoms with Gasteiger partial charge in [-0.05, 0) is 31.5 Å². The SMILES string of the molecule is Cc1ccc(Cl)cc1OCC(C)N. The van der Waals surface area contributed by atoms with E-state index in [2.05, 4.69) is 0 Å². The zero-order chi connectivity index (χ0) is 9.84. The van der Waals surface area contributed by atoms with Crippen molar-refractivity contribution >= 4 is 11.6 Å². The molecule has 0 fully saturated rings. The van der Waals surface area contributed by atoms with Gasteiger partial charge >= 0.3 is 0 Å².